The molecule has 0 spiro atoms. The maximum Gasteiger partial charge on any atom is 0.331 e. The summed E-state index contributed by atoms with van der Waals surface area (Å²) in [6, 6.07) is 23.4. The number of aliphatic imine (C=N–C) groups is 1. The molecule has 0 amide bonds. The van der Waals surface area contributed by atoms with Crippen LogP contribution in [0.25, 0.3) is 0 Å². The molecular weight excluding hydrogens is 436 g/mol. The molecule has 1 atom stereocenters. The molecule has 174 valence electrons. The van der Waals surface area contributed by atoms with E-state index in [2.05, 4.69) is 4.99 Å². The van der Waals surface area contributed by atoms with Gasteiger partial charge in [-0.2, -0.15) is 0 Å². The molecule has 0 aromatic heterocycles. The molecular formula is C26H24N2O6. The lowest BCUT2D eigenvalue weighted by atomic mass is 10.1. The zero-order valence-corrected chi connectivity index (χ0v) is 18.4. The highest BCUT2D eigenvalue weighted by molar-refractivity contribution is 5.88. The Bertz CT molecular complexity index is 1130. The fourth-order valence-electron chi connectivity index (χ4n) is 3.08. The topological polar surface area (TPSA) is 108 Å². The summed E-state index contributed by atoms with van der Waals surface area (Å²) in [6.07, 6.45) is 1.24. The van der Waals surface area contributed by atoms with E-state index in [4.69, 9.17) is 9.47 Å². The second kappa shape index (κ2) is 12.6. The number of nitrogens with zero attached hydrogens (tertiary/aromatic N) is 2. The Balaban J connectivity index is 1.66. The van der Waals surface area contributed by atoms with Crippen molar-refractivity contribution in [1.82, 2.24) is 0 Å². The molecule has 0 aliphatic carbocycles. The average molecular weight is 460 g/mol. The maximum absolute atomic E-state index is 12.7. The van der Waals surface area contributed by atoms with Crippen molar-refractivity contribution >= 4 is 23.8 Å². The number of hydrogen-bond donors (Lipinski definition) is 0. The maximum atomic E-state index is 12.7. The molecule has 0 radical (unpaired) electrons. The summed E-state index contributed by atoms with van der Waals surface area (Å²) in [5, 5.41) is 11.3. The van der Waals surface area contributed by atoms with E-state index in [0.29, 0.717) is 0 Å². The number of carbonyl (C=O) groups is 2. The molecule has 3 aromatic rings. The Kier molecular flexibility index (Phi) is 9.04. The summed E-state index contributed by atoms with van der Waals surface area (Å²) in [7, 11) is 0. The minimum Gasteiger partial charge on any atom is -0.461 e. The minimum absolute atomic E-state index is 0.0401. The van der Waals surface area contributed by atoms with E-state index < -0.39 is 22.9 Å². The lowest BCUT2D eigenvalue weighted by molar-refractivity contribution is -0.385. The van der Waals surface area contributed by atoms with Crippen molar-refractivity contribution in [3.63, 3.8) is 0 Å². The van der Waals surface area contributed by atoms with Gasteiger partial charge in [-0.15, -0.1) is 0 Å². The van der Waals surface area contributed by atoms with Gasteiger partial charge in [-0.1, -0.05) is 72.8 Å². The Morgan fingerprint density at radius 2 is 1.41 bits per heavy atom. The fourth-order valence-corrected chi connectivity index (χ4v) is 3.08. The number of rotatable bonds is 11. The first-order chi connectivity index (χ1) is 16.5. The van der Waals surface area contributed by atoms with Crippen LogP contribution >= 0.6 is 0 Å². The van der Waals surface area contributed by atoms with Crippen molar-refractivity contribution in [2.24, 2.45) is 4.99 Å². The van der Waals surface area contributed by atoms with Crippen LogP contribution in [0.4, 0.5) is 5.69 Å². The molecule has 8 heteroatoms. The number of nitro groups is 1. The minimum atomic E-state index is -1.02. The third-order valence-corrected chi connectivity index (χ3v) is 4.89. The Morgan fingerprint density at radius 3 is 2.03 bits per heavy atom. The van der Waals surface area contributed by atoms with E-state index in [-0.39, 0.29) is 37.3 Å². The highest BCUT2D eigenvalue weighted by atomic mass is 16.6. The highest BCUT2D eigenvalue weighted by Crippen LogP contribution is 2.17. The molecule has 8 nitrogen and oxygen atoms in total. The summed E-state index contributed by atoms with van der Waals surface area (Å²) in [5.74, 6) is -1.11. The lowest BCUT2D eigenvalue weighted by Crippen LogP contribution is -2.23. The lowest BCUT2D eigenvalue weighted by Gasteiger charge is -2.12. The van der Waals surface area contributed by atoms with Crippen LogP contribution in [0.5, 0.6) is 0 Å². The van der Waals surface area contributed by atoms with Crippen molar-refractivity contribution in [3.8, 4) is 0 Å². The quantitative estimate of drug-likeness (QED) is 0.178. The molecule has 0 aliphatic rings. The third kappa shape index (κ3) is 7.67. The first-order valence-electron chi connectivity index (χ1n) is 10.7. The zero-order chi connectivity index (χ0) is 24.2. The Labute approximate surface area is 197 Å². The van der Waals surface area contributed by atoms with E-state index >= 15 is 0 Å². The summed E-state index contributed by atoms with van der Waals surface area (Å²) < 4.78 is 10.6. The van der Waals surface area contributed by atoms with Crippen LogP contribution in [0.15, 0.2) is 89.9 Å². The molecule has 0 unspecified atom stereocenters. The Hall–Kier alpha value is -4.33. The molecule has 0 aliphatic heterocycles. The first-order valence-corrected chi connectivity index (χ1v) is 10.7. The van der Waals surface area contributed by atoms with Crippen LogP contribution < -0.4 is 0 Å². The normalized spacial score (nSPS) is 11.6. The zero-order valence-electron chi connectivity index (χ0n) is 18.4. The van der Waals surface area contributed by atoms with Gasteiger partial charge in [0.25, 0.3) is 5.69 Å². The van der Waals surface area contributed by atoms with Crippen LogP contribution in [-0.2, 0) is 32.3 Å². The van der Waals surface area contributed by atoms with Gasteiger partial charge < -0.3 is 9.47 Å². The van der Waals surface area contributed by atoms with Gasteiger partial charge in [0.05, 0.1) is 10.5 Å². The van der Waals surface area contributed by atoms with Crippen molar-refractivity contribution in [2.75, 3.05) is 0 Å². The van der Waals surface area contributed by atoms with Gasteiger partial charge in [0.1, 0.15) is 19.3 Å². The largest absolute Gasteiger partial charge is 0.461 e. The third-order valence-electron chi connectivity index (χ3n) is 4.89. The molecule has 3 rings (SSSR count). The van der Waals surface area contributed by atoms with Crippen molar-refractivity contribution in [1.29, 1.82) is 0 Å². The van der Waals surface area contributed by atoms with Gasteiger partial charge in [0, 0.05) is 18.7 Å². The van der Waals surface area contributed by atoms with Crippen LogP contribution in [0.2, 0.25) is 0 Å². The van der Waals surface area contributed by atoms with E-state index in [9.17, 15) is 19.7 Å². The van der Waals surface area contributed by atoms with E-state index in [1.807, 2.05) is 60.7 Å². The van der Waals surface area contributed by atoms with Gasteiger partial charge in [-0.25, -0.2) is 4.79 Å². The van der Waals surface area contributed by atoms with Gasteiger partial charge in [-0.3, -0.25) is 19.9 Å². The van der Waals surface area contributed by atoms with Gasteiger partial charge >= 0.3 is 11.9 Å². The average Bonchev–Trinajstić information content (AvgIpc) is 2.87. The molecule has 0 heterocycles. The second-order valence-corrected chi connectivity index (χ2v) is 7.39. The number of para-hydroxylation sites is 1. The number of hydrogen-bond acceptors (Lipinski definition) is 7. The summed E-state index contributed by atoms with van der Waals surface area (Å²) in [5.41, 5.74) is 1.77. The van der Waals surface area contributed by atoms with Crippen LogP contribution in [0.1, 0.15) is 29.5 Å². The van der Waals surface area contributed by atoms with Crippen LogP contribution in [0, 0.1) is 10.1 Å². The SMILES string of the molecule is O=C(CC[C@H](N=Cc1ccccc1[N+](=O)[O-])C(=O)OCc1ccccc1)OCc1ccccc1. The molecule has 0 saturated heterocycles. The number of esters is 2. The smallest absolute Gasteiger partial charge is 0.331 e. The summed E-state index contributed by atoms with van der Waals surface area (Å²) in [6.45, 7) is 0.178. The number of benzene rings is 3. The standard InChI is InChI=1S/C26H24N2O6/c29-25(33-18-20-9-3-1-4-10-20)16-15-23(26(30)34-19-21-11-5-2-6-12-21)27-17-22-13-7-8-14-24(22)28(31)32/h1-14,17,23H,15-16,18-19H2/t23-/m0/s1. The number of carbonyl (C=O) groups excluding carboxylic acids is 2. The van der Waals surface area contributed by atoms with Crippen LogP contribution in [0.3, 0.4) is 0 Å². The summed E-state index contributed by atoms with van der Waals surface area (Å²) >= 11 is 0. The molecule has 0 bridgehead atoms. The van der Waals surface area contributed by atoms with Crippen LogP contribution in [-0.4, -0.2) is 29.1 Å². The number of ether oxygens (including phenoxy) is 2. The fraction of sp³-hybridized carbons (Fsp3) is 0.192. The van der Waals surface area contributed by atoms with E-state index in [0.717, 1.165) is 11.1 Å². The van der Waals surface area contributed by atoms with Crippen molar-refractivity contribution in [3.05, 3.63) is 112 Å². The molecule has 34 heavy (non-hydrogen) atoms. The van der Waals surface area contributed by atoms with Crippen molar-refractivity contribution in [2.45, 2.75) is 32.1 Å². The molecule has 0 N–H and O–H groups in total. The second-order valence-electron chi connectivity index (χ2n) is 7.39. The number of nitro benzene ring substituents is 1. The molecule has 0 fully saturated rings. The highest BCUT2D eigenvalue weighted by Gasteiger charge is 2.21. The predicted octanol–water partition coefficient (Wildman–Crippen LogP) is 4.65. The van der Waals surface area contributed by atoms with Gasteiger partial charge in [0.2, 0.25) is 0 Å². The molecule has 3 aromatic carbocycles. The van der Waals surface area contributed by atoms with E-state index in [1.54, 1.807) is 12.1 Å². The predicted molar refractivity (Wildman–Crippen MR) is 126 cm³/mol. The van der Waals surface area contributed by atoms with Crippen molar-refractivity contribution < 1.29 is 24.0 Å². The summed E-state index contributed by atoms with van der Waals surface area (Å²) in [4.78, 5) is 39.9. The monoisotopic (exact) mass is 460 g/mol. The first kappa shape index (κ1) is 24.3. The van der Waals surface area contributed by atoms with Gasteiger partial charge in [-0.05, 0) is 23.6 Å². The van der Waals surface area contributed by atoms with E-state index in [1.165, 1.54) is 18.3 Å². The molecule has 0 saturated carbocycles. The van der Waals surface area contributed by atoms with Gasteiger partial charge in [0.15, 0.2) is 0 Å². The Morgan fingerprint density at radius 1 is 0.853 bits per heavy atom.